The molecule has 0 spiro atoms. The first-order valence-corrected chi connectivity index (χ1v) is 6.93. The van der Waals surface area contributed by atoms with Gasteiger partial charge in [0, 0.05) is 23.5 Å². The Bertz CT molecular complexity index is 610. The lowest BCUT2D eigenvalue weighted by atomic mass is 10.2. The van der Waals surface area contributed by atoms with E-state index in [1.165, 1.54) is 0 Å². The van der Waals surface area contributed by atoms with Gasteiger partial charge in [-0.15, -0.1) is 0 Å². The van der Waals surface area contributed by atoms with E-state index in [9.17, 15) is 4.79 Å². The average molecular weight is 339 g/mol. The van der Waals surface area contributed by atoms with Crippen LogP contribution in [-0.4, -0.2) is 24.7 Å². The van der Waals surface area contributed by atoms with Crippen molar-refractivity contribution in [2.45, 2.75) is 13.3 Å². The van der Waals surface area contributed by atoms with Gasteiger partial charge in [0.25, 0.3) is 5.91 Å². The quantitative estimate of drug-likeness (QED) is 0.910. The minimum atomic E-state index is -0.160. The van der Waals surface area contributed by atoms with Gasteiger partial charge in [0.05, 0.1) is 18.4 Å². The van der Waals surface area contributed by atoms with E-state index in [1.807, 2.05) is 13.0 Å². The van der Waals surface area contributed by atoms with Gasteiger partial charge in [0.15, 0.2) is 0 Å². The fourth-order valence-electron chi connectivity index (χ4n) is 1.73. The largest absolute Gasteiger partial charge is 0.497 e. The van der Waals surface area contributed by atoms with Gasteiger partial charge in [-0.25, -0.2) is 0 Å². The molecule has 0 bridgehead atoms. The van der Waals surface area contributed by atoms with Crippen molar-refractivity contribution >= 4 is 21.8 Å². The van der Waals surface area contributed by atoms with E-state index < -0.39 is 0 Å². The molecule has 1 amide bonds. The van der Waals surface area contributed by atoms with E-state index in [0.717, 1.165) is 15.9 Å². The number of benzene rings is 1. The maximum absolute atomic E-state index is 12.1. The highest BCUT2D eigenvalue weighted by atomic mass is 79.9. The number of carbonyl (C=O) groups excluding carboxylic acids is 1. The van der Waals surface area contributed by atoms with E-state index in [0.29, 0.717) is 24.3 Å². The molecule has 0 radical (unpaired) electrons. The van der Waals surface area contributed by atoms with Crippen molar-refractivity contribution in [2.75, 3.05) is 13.7 Å². The summed E-state index contributed by atoms with van der Waals surface area (Å²) in [7, 11) is 1.57. The van der Waals surface area contributed by atoms with E-state index in [4.69, 9.17) is 9.26 Å². The van der Waals surface area contributed by atoms with Crippen LogP contribution >= 0.6 is 15.9 Å². The highest BCUT2D eigenvalue weighted by molar-refractivity contribution is 9.10. The Morgan fingerprint density at radius 1 is 1.45 bits per heavy atom. The summed E-state index contributed by atoms with van der Waals surface area (Å²) in [6.45, 7) is 2.34. The molecule has 1 aromatic carbocycles. The number of carbonyl (C=O) groups is 1. The molecular formula is C14H15BrN2O3. The highest BCUT2D eigenvalue weighted by Gasteiger charge is 2.11. The molecule has 0 aliphatic carbocycles. The summed E-state index contributed by atoms with van der Waals surface area (Å²) < 4.78 is 10.9. The second-order valence-corrected chi connectivity index (χ2v) is 5.14. The number of methoxy groups -OCH3 is 1. The number of halogens is 1. The fraction of sp³-hybridized carbons (Fsp3) is 0.286. The minimum Gasteiger partial charge on any atom is -0.497 e. The van der Waals surface area contributed by atoms with Crippen LogP contribution in [0.25, 0.3) is 0 Å². The minimum absolute atomic E-state index is 0.160. The molecule has 0 unspecified atom stereocenters. The third-order valence-electron chi connectivity index (χ3n) is 2.75. The molecule has 5 nitrogen and oxygen atoms in total. The Kier molecular flexibility index (Phi) is 4.79. The second-order valence-electron chi connectivity index (χ2n) is 4.29. The van der Waals surface area contributed by atoms with Crippen molar-refractivity contribution in [3.63, 3.8) is 0 Å². The van der Waals surface area contributed by atoms with Crippen molar-refractivity contribution in [1.82, 2.24) is 10.5 Å². The maximum Gasteiger partial charge on any atom is 0.252 e. The van der Waals surface area contributed by atoms with Crippen molar-refractivity contribution in [2.24, 2.45) is 0 Å². The van der Waals surface area contributed by atoms with Crippen molar-refractivity contribution in [3.8, 4) is 5.75 Å². The van der Waals surface area contributed by atoms with Gasteiger partial charge < -0.3 is 14.6 Å². The third kappa shape index (κ3) is 3.60. The second kappa shape index (κ2) is 6.56. The topological polar surface area (TPSA) is 64.4 Å². The molecule has 1 heterocycles. The number of amides is 1. The van der Waals surface area contributed by atoms with Crippen LogP contribution in [0.2, 0.25) is 0 Å². The lowest BCUT2D eigenvalue weighted by Gasteiger charge is -2.08. The molecule has 0 fully saturated rings. The van der Waals surface area contributed by atoms with Crippen LogP contribution in [0, 0.1) is 6.92 Å². The highest BCUT2D eigenvalue weighted by Crippen LogP contribution is 2.22. The Morgan fingerprint density at radius 2 is 2.25 bits per heavy atom. The standard InChI is InChI=1S/C14H15BrN2O3/c1-9-7-11(20-17-9)5-6-16-14(18)12-8-10(19-2)3-4-13(12)15/h3-4,7-8H,5-6H2,1-2H3,(H,16,18). The zero-order valence-electron chi connectivity index (χ0n) is 11.3. The Balaban J connectivity index is 1.94. The summed E-state index contributed by atoms with van der Waals surface area (Å²) in [5.41, 5.74) is 1.37. The van der Waals surface area contributed by atoms with Gasteiger partial charge in [0.2, 0.25) is 0 Å². The van der Waals surface area contributed by atoms with Crippen LogP contribution in [-0.2, 0) is 6.42 Å². The number of ether oxygens (including phenoxy) is 1. The van der Waals surface area contributed by atoms with Gasteiger partial charge in [0.1, 0.15) is 11.5 Å². The predicted octanol–water partition coefficient (Wildman–Crippen LogP) is 2.73. The predicted molar refractivity (Wildman–Crippen MR) is 78.0 cm³/mol. The molecule has 106 valence electrons. The maximum atomic E-state index is 12.1. The first-order valence-electron chi connectivity index (χ1n) is 6.14. The van der Waals surface area contributed by atoms with E-state index >= 15 is 0 Å². The summed E-state index contributed by atoms with van der Waals surface area (Å²) in [4.78, 5) is 12.1. The molecule has 20 heavy (non-hydrogen) atoms. The van der Waals surface area contributed by atoms with Gasteiger partial charge in [-0.3, -0.25) is 4.79 Å². The molecule has 1 N–H and O–H groups in total. The van der Waals surface area contributed by atoms with E-state index in [-0.39, 0.29) is 5.91 Å². The summed E-state index contributed by atoms with van der Waals surface area (Å²) in [5.74, 6) is 1.24. The van der Waals surface area contributed by atoms with Crippen LogP contribution in [0.1, 0.15) is 21.8 Å². The fourth-order valence-corrected chi connectivity index (χ4v) is 2.16. The number of hydrogen-bond donors (Lipinski definition) is 1. The zero-order chi connectivity index (χ0) is 14.5. The molecule has 0 saturated carbocycles. The lowest BCUT2D eigenvalue weighted by Crippen LogP contribution is -2.26. The van der Waals surface area contributed by atoms with E-state index in [1.54, 1.807) is 25.3 Å². The third-order valence-corrected chi connectivity index (χ3v) is 3.44. The lowest BCUT2D eigenvalue weighted by molar-refractivity contribution is 0.0952. The van der Waals surface area contributed by atoms with Gasteiger partial charge >= 0.3 is 0 Å². The Labute approximate surface area is 125 Å². The van der Waals surface area contributed by atoms with Crippen molar-refractivity contribution in [3.05, 3.63) is 45.8 Å². The molecule has 0 aliphatic rings. The first kappa shape index (κ1) is 14.6. The number of nitrogens with zero attached hydrogens (tertiary/aromatic N) is 1. The van der Waals surface area contributed by atoms with Gasteiger partial charge in [-0.2, -0.15) is 0 Å². The molecule has 2 rings (SSSR count). The molecular weight excluding hydrogens is 324 g/mol. The number of nitrogens with one attached hydrogen (secondary N) is 1. The van der Waals surface area contributed by atoms with Crippen LogP contribution in [0.15, 0.2) is 33.3 Å². The molecule has 2 aromatic rings. The summed E-state index contributed by atoms with van der Waals surface area (Å²) in [5, 5.41) is 6.63. The number of aromatic nitrogens is 1. The molecule has 6 heteroatoms. The Morgan fingerprint density at radius 3 is 2.90 bits per heavy atom. The first-order chi connectivity index (χ1) is 9.60. The van der Waals surface area contributed by atoms with Crippen LogP contribution in [0.4, 0.5) is 0 Å². The normalized spacial score (nSPS) is 10.3. The van der Waals surface area contributed by atoms with Crippen LogP contribution in [0.3, 0.4) is 0 Å². The molecule has 0 aliphatic heterocycles. The van der Waals surface area contributed by atoms with Crippen LogP contribution < -0.4 is 10.1 Å². The number of hydrogen-bond acceptors (Lipinski definition) is 4. The monoisotopic (exact) mass is 338 g/mol. The smallest absolute Gasteiger partial charge is 0.252 e. The molecule has 0 saturated heterocycles. The molecule has 1 aromatic heterocycles. The summed E-state index contributed by atoms with van der Waals surface area (Å²) in [6, 6.07) is 7.12. The van der Waals surface area contributed by atoms with E-state index in [2.05, 4.69) is 26.4 Å². The zero-order valence-corrected chi connectivity index (χ0v) is 12.9. The van der Waals surface area contributed by atoms with Gasteiger partial charge in [-0.05, 0) is 41.1 Å². The number of rotatable bonds is 5. The SMILES string of the molecule is COc1ccc(Br)c(C(=O)NCCc2cc(C)no2)c1. The summed E-state index contributed by atoms with van der Waals surface area (Å²) >= 11 is 3.36. The Hall–Kier alpha value is -1.82. The molecule has 0 atom stereocenters. The summed E-state index contributed by atoms with van der Waals surface area (Å²) in [6.07, 6.45) is 0.605. The van der Waals surface area contributed by atoms with Crippen molar-refractivity contribution < 1.29 is 14.1 Å². The van der Waals surface area contributed by atoms with Crippen LogP contribution in [0.5, 0.6) is 5.75 Å². The van der Waals surface area contributed by atoms with Crippen molar-refractivity contribution in [1.29, 1.82) is 0 Å². The van der Waals surface area contributed by atoms with Gasteiger partial charge in [-0.1, -0.05) is 5.16 Å². The average Bonchev–Trinajstić information content (AvgIpc) is 2.85. The number of aryl methyl sites for hydroxylation is 1.